The lowest BCUT2D eigenvalue weighted by molar-refractivity contribution is 0.225. The van der Waals surface area contributed by atoms with Crippen molar-refractivity contribution in [2.75, 3.05) is 0 Å². The molecule has 0 saturated heterocycles. The Morgan fingerprint density at radius 3 is 0.846 bits per heavy atom. The molecule has 12 N–H and O–H groups in total. The third-order valence-corrected chi connectivity index (χ3v) is 1.91. The van der Waals surface area contributed by atoms with E-state index >= 15 is 0 Å². The van der Waals surface area contributed by atoms with Crippen molar-refractivity contribution in [3.63, 3.8) is 0 Å². The van der Waals surface area contributed by atoms with Crippen molar-refractivity contribution in [2.45, 2.75) is 0 Å². The summed E-state index contributed by atoms with van der Waals surface area (Å²) in [4.78, 5) is 31.0. The highest BCUT2D eigenvalue weighted by atomic mass is 31.3. The summed E-state index contributed by atoms with van der Waals surface area (Å²) in [6, 6.07) is 0. The summed E-state index contributed by atoms with van der Waals surface area (Å²) >= 11 is 0. The molecule has 0 aromatic rings. The van der Waals surface area contributed by atoms with Crippen molar-refractivity contribution < 1.29 is 54.9 Å². The van der Waals surface area contributed by atoms with E-state index in [1.165, 1.54) is 0 Å². The van der Waals surface area contributed by atoms with Gasteiger partial charge in [-0.1, -0.05) is 0 Å². The molecule has 0 aliphatic carbocycles. The smallest absolute Gasteiger partial charge is 0.412 e. The Morgan fingerprint density at radius 1 is 0.692 bits per heavy atom. The van der Waals surface area contributed by atoms with Crippen molar-refractivity contribution in [3.8, 4) is 0 Å². The number of hydrogen-bond acceptors (Lipinski definition) is 3. The highest BCUT2D eigenvalue weighted by Gasteiger charge is 2.27. The zero-order valence-corrected chi connectivity index (χ0v) is 7.70. The normalized spacial score (nSPS) is 9.54. The van der Waals surface area contributed by atoms with Crippen LogP contribution in [-0.4, -0.2) is 41.5 Å². The van der Waals surface area contributed by atoms with Gasteiger partial charge in [0.1, 0.15) is 0 Å². The van der Waals surface area contributed by atoms with Crippen LogP contribution in [0.3, 0.4) is 0 Å². The van der Waals surface area contributed by atoms with E-state index in [9.17, 15) is 9.13 Å². The van der Waals surface area contributed by atoms with Crippen molar-refractivity contribution in [3.05, 3.63) is 0 Å². The average Bonchev–Trinajstić information content (AvgIpc) is 1.14. The van der Waals surface area contributed by atoms with Crippen LogP contribution in [0.25, 0.3) is 0 Å². The van der Waals surface area contributed by atoms with Gasteiger partial charge in [0.2, 0.25) is 0 Å². The van der Waals surface area contributed by atoms with E-state index in [1.54, 1.807) is 0 Å². The number of phosphoric acid groups is 2. The van der Waals surface area contributed by atoms with E-state index in [0.717, 1.165) is 0 Å². The van der Waals surface area contributed by atoms with E-state index in [0.29, 0.717) is 0 Å². The van der Waals surface area contributed by atoms with Gasteiger partial charge >= 0.3 is 15.6 Å². The topological polar surface area (TPSA) is 250 Å². The van der Waals surface area contributed by atoms with Crippen LogP contribution in [0.5, 0.6) is 0 Å². The Hall–Kier alpha value is 0.100. The SMILES string of the molecule is O.O.O.O.O=P(O)(O)OP(=O)(O)O. The highest BCUT2D eigenvalue weighted by Crippen LogP contribution is 2.53. The molecule has 11 nitrogen and oxygen atoms in total. The first kappa shape index (κ1) is 29.2. The first-order valence-corrected chi connectivity index (χ1v) is 4.59. The minimum absolute atomic E-state index is 0. The first-order chi connectivity index (χ1) is 3.71. The zero-order chi connectivity index (χ0) is 7.71. The molecule has 0 radical (unpaired) electrons. The molecule has 0 amide bonds. The van der Waals surface area contributed by atoms with E-state index in [4.69, 9.17) is 19.6 Å². The molecule has 88 valence electrons. The van der Waals surface area contributed by atoms with Gasteiger partial charge in [0, 0.05) is 0 Å². The lowest BCUT2D eigenvalue weighted by Gasteiger charge is -2.03. The molecule has 0 atom stereocenters. The van der Waals surface area contributed by atoms with Gasteiger partial charge in [0.15, 0.2) is 0 Å². The molecule has 0 rings (SSSR count). The van der Waals surface area contributed by atoms with Crippen LogP contribution in [0.1, 0.15) is 0 Å². The second kappa shape index (κ2) is 8.69. The molecular formula is H12O11P2. The fourth-order valence-corrected chi connectivity index (χ4v) is 1.25. The summed E-state index contributed by atoms with van der Waals surface area (Å²) in [7, 11) is -10.1. The second-order valence-electron chi connectivity index (χ2n) is 1.06. The third-order valence-electron chi connectivity index (χ3n) is 0.213. The Kier molecular flexibility index (Phi) is 19.5. The van der Waals surface area contributed by atoms with Gasteiger partial charge in [-0.2, -0.15) is 4.31 Å². The standard InChI is InChI=1S/H4O7P2.4H2O/c1-8(2,3)7-9(4,5)6;;;;/h(H2,1,2,3)(H2,4,5,6);4*1H2. The number of hydrogen-bond donors (Lipinski definition) is 4. The quantitative estimate of drug-likeness (QED) is 0.351. The predicted octanol–water partition coefficient (Wildman–Crippen LogP) is -4.11. The van der Waals surface area contributed by atoms with Crippen LogP contribution >= 0.6 is 15.6 Å². The van der Waals surface area contributed by atoms with Crippen LogP contribution in [0.15, 0.2) is 0 Å². The molecule has 0 heterocycles. The molecule has 0 bridgehead atoms. The average molecular weight is 250 g/mol. The van der Waals surface area contributed by atoms with Crippen LogP contribution in [0, 0.1) is 0 Å². The molecule has 13 heteroatoms. The Balaban J connectivity index is -0.0000000533. The maximum absolute atomic E-state index is 9.63. The van der Waals surface area contributed by atoms with Crippen molar-refractivity contribution >= 4 is 15.6 Å². The van der Waals surface area contributed by atoms with Gasteiger partial charge < -0.3 is 41.5 Å². The summed E-state index contributed by atoms with van der Waals surface area (Å²) in [5, 5.41) is 0. The molecular weight excluding hydrogens is 238 g/mol. The number of rotatable bonds is 2. The fraction of sp³-hybridized carbons (Fsp3) is 0. The molecule has 0 aliphatic heterocycles. The summed E-state index contributed by atoms with van der Waals surface area (Å²) in [6.07, 6.45) is 0. The maximum Gasteiger partial charge on any atom is 0.478 e. The molecule has 0 spiro atoms. The van der Waals surface area contributed by atoms with Crippen LogP contribution in [-0.2, 0) is 13.4 Å². The van der Waals surface area contributed by atoms with Crippen LogP contribution in [0.4, 0.5) is 0 Å². The van der Waals surface area contributed by atoms with Gasteiger partial charge in [-0.05, 0) is 0 Å². The predicted molar refractivity (Wildman–Crippen MR) is 39.6 cm³/mol. The summed E-state index contributed by atoms with van der Waals surface area (Å²) in [5.41, 5.74) is 0. The molecule has 0 aliphatic rings. The first-order valence-electron chi connectivity index (χ1n) is 1.53. The minimum atomic E-state index is -5.05. The molecule has 0 saturated carbocycles. The Morgan fingerprint density at radius 2 is 0.846 bits per heavy atom. The maximum atomic E-state index is 9.63. The Labute approximate surface area is 71.7 Å². The van der Waals surface area contributed by atoms with E-state index in [-0.39, 0.29) is 21.9 Å². The van der Waals surface area contributed by atoms with E-state index in [1.807, 2.05) is 0 Å². The van der Waals surface area contributed by atoms with Gasteiger partial charge in [-0.15, -0.1) is 0 Å². The van der Waals surface area contributed by atoms with E-state index < -0.39 is 15.6 Å². The fourth-order valence-electron chi connectivity index (χ4n) is 0.139. The van der Waals surface area contributed by atoms with Crippen molar-refractivity contribution in [1.82, 2.24) is 0 Å². The van der Waals surface area contributed by atoms with Crippen LogP contribution < -0.4 is 0 Å². The summed E-state index contributed by atoms with van der Waals surface area (Å²) in [5.74, 6) is 0. The lowest BCUT2D eigenvalue weighted by Crippen LogP contribution is -1.84. The molecule has 0 aromatic heterocycles. The van der Waals surface area contributed by atoms with Crippen molar-refractivity contribution in [1.29, 1.82) is 0 Å². The monoisotopic (exact) mass is 250 g/mol. The second-order valence-corrected chi connectivity index (χ2v) is 3.68. The third kappa shape index (κ3) is 33.2. The highest BCUT2D eigenvalue weighted by molar-refractivity contribution is 7.60. The summed E-state index contributed by atoms with van der Waals surface area (Å²) in [6.45, 7) is 0. The van der Waals surface area contributed by atoms with Gasteiger partial charge in [0.25, 0.3) is 0 Å². The van der Waals surface area contributed by atoms with E-state index in [2.05, 4.69) is 4.31 Å². The molecule has 0 fully saturated rings. The van der Waals surface area contributed by atoms with Crippen LogP contribution in [0.2, 0.25) is 0 Å². The largest absolute Gasteiger partial charge is 0.478 e. The molecule has 0 unspecified atom stereocenters. The van der Waals surface area contributed by atoms with Gasteiger partial charge in [-0.25, -0.2) is 9.13 Å². The minimum Gasteiger partial charge on any atom is -0.412 e. The zero-order valence-electron chi connectivity index (χ0n) is 5.91. The molecule has 0 aromatic carbocycles. The van der Waals surface area contributed by atoms with Gasteiger partial charge in [0.05, 0.1) is 0 Å². The summed E-state index contributed by atoms with van der Waals surface area (Å²) < 4.78 is 22.2. The lowest BCUT2D eigenvalue weighted by atomic mass is 15.7. The van der Waals surface area contributed by atoms with Gasteiger partial charge in [-0.3, -0.25) is 0 Å². The molecule has 13 heavy (non-hydrogen) atoms. The van der Waals surface area contributed by atoms with Crippen molar-refractivity contribution in [2.24, 2.45) is 0 Å². The Bertz CT molecular complexity index is 149.